The van der Waals surface area contributed by atoms with Gasteiger partial charge in [0.15, 0.2) is 6.10 Å². The van der Waals surface area contributed by atoms with E-state index in [0.29, 0.717) is 0 Å². The molecule has 0 rings (SSSR count). The SMILES string of the molecule is C.C.C.C.CCC(=O)OCC(COP(=O)([O-])OCCCC(=O)OCCOC)OC(=O)CC.[NH4+]. The molecule has 0 aliphatic heterocycles. The fraction of sp³-hybridized carbons (Fsp3) is 0.850. The van der Waals surface area contributed by atoms with Crippen LogP contribution in [0.15, 0.2) is 0 Å². The molecule has 33 heavy (non-hydrogen) atoms. The predicted molar refractivity (Wildman–Crippen MR) is 126 cm³/mol. The van der Waals surface area contributed by atoms with E-state index in [2.05, 4.69) is 9.05 Å². The maximum Gasteiger partial charge on any atom is 0.305 e. The monoisotopic (exact) mass is 509 g/mol. The van der Waals surface area contributed by atoms with Crippen molar-refractivity contribution in [2.24, 2.45) is 0 Å². The second kappa shape index (κ2) is 26.7. The first kappa shape index (κ1) is 45.0. The fourth-order valence-electron chi connectivity index (χ4n) is 1.59. The molecule has 0 aromatic heterocycles. The first-order valence-electron chi connectivity index (χ1n) is 8.83. The fourth-order valence-corrected chi connectivity index (χ4v) is 2.36. The summed E-state index contributed by atoms with van der Waals surface area (Å²) in [6, 6.07) is 0. The van der Waals surface area contributed by atoms with Crippen LogP contribution in [0, 0.1) is 0 Å². The molecule has 0 heterocycles. The molecule has 0 bridgehead atoms. The number of carbonyl (C=O) groups is 3. The smallest absolute Gasteiger partial charge is 0.305 e. The minimum absolute atomic E-state index is 0. The second-order valence-corrected chi connectivity index (χ2v) is 6.81. The number of ether oxygens (including phenoxy) is 4. The van der Waals surface area contributed by atoms with E-state index in [1.807, 2.05) is 0 Å². The average Bonchev–Trinajstić information content (AvgIpc) is 2.67. The highest BCUT2D eigenvalue weighted by Crippen LogP contribution is 2.38. The normalized spacial score (nSPS) is 11.9. The van der Waals surface area contributed by atoms with E-state index in [-0.39, 0.29) is 88.0 Å². The Balaban J connectivity index is -0.000000364. The molecule has 4 N–H and O–H groups in total. The van der Waals surface area contributed by atoms with Crippen LogP contribution >= 0.6 is 7.82 Å². The maximum absolute atomic E-state index is 11.7. The summed E-state index contributed by atoms with van der Waals surface area (Å²) >= 11 is 0. The topological polar surface area (TPSA) is 183 Å². The van der Waals surface area contributed by atoms with Gasteiger partial charge in [-0.25, -0.2) is 0 Å². The molecule has 2 atom stereocenters. The number of carbonyl (C=O) groups excluding carboxylic acids is 3. The van der Waals surface area contributed by atoms with Gasteiger partial charge in [0.25, 0.3) is 7.82 Å². The molecule has 204 valence electrons. The molecule has 0 saturated carbocycles. The summed E-state index contributed by atoms with van der Waals surface area (Å²) in [5.41, 5.74) is 0. The van der Waals surface area contributed by atoms with Crippen LogP contribution in [-0.2, 0) is 46.9 Å². The lowest BCUT2D eigenvalue weighted by molar-refractivity contribution is -0.228. The zero-order valence-electron chi connectivity index (χ0n) is 17.4. The quantitative estimate of drug-likeness (QED) is 0.139. The third-order valence-electron chi connectivity index (χ3n) is 3.05. The lowest BCUT2D eigenvalue weighted by atomic mass is 10.3. The van der Waals surface area contributed by atoms with Gasteiger partial charge in [0.2, 0.25) is 0 Å². The van der Waals surface area contributed by atoms with Crippen molar-refractivity contribution >= 4 is 25.7 Å². The van der Waals surface area contributed by atoms with Gasteiger partial charge in [-0.1, -0.05) is 43.6 Å². The Kier molecular flexibility index (Phi) is 36.4. The molecule has 0 spiro atoms. The second-order valence-electron chi connectivity index (χ2n) is 5.40. The van der Waals surface area contributed by atoms with Gasteiger partial charge in [-0.3, -0.25) is 18.9 Å². The van der Waals surface area contributed by atoms with E-state index in [9.17, 15) is 23.8 Å². The zero-order chi connectivity index (χ0) is 21.4. The van der Waals surface area contributed by atoms with Crippen LogP contribution in [0.1, 0.15) is 69.2 Å². The van der Waals surface area contributed by atoms with Crippen molar-refractivity contribution in [3.63, 3.8) is 0 Å². The van der Waals surface area contributed by atoms with Gasteiger partial charge in [0.05, 0.1) is 19.8 Å². The number of hydrogen-bond donors (Lipinski definition) is 1. The minimum Gasteiger partial charge on any atom is -0.756 e. The summed E-state index contributed by atoms with van der Waals surface area (Å²) in [4.78, 5) is 45.7. The molecule has 0 fully saturated rings. The highest BCUT2D eigenvalue weighted by molar-refractivity contribution is 7.45. The highest BCUT2D eigenvalue weighted by Gasteiger charge is 2.20. The third-order valence-corrected chi connectivity index (χ3v) is 4.01. The van der Waals surface area contributed by atoms with Crippen LogP contribution < -0.4 is 11.0 Å². The largest absolute Gasteiger partial charge is 0.756 e. The molecule has 0 aliphatic rings. The third kappa shape index (κ3) is 26.6. The molecular weight excluding hydrogens is 461 g/mol. The van der Waals surface area contributed by atoms with Crippen LogP contribution in [-0.4, -0.2) is 64.2 Å². The summed E-state index contributed by atoms with van der Waals surface area (Å²) in [5, 5.41) is 0. The molecule has 13 heteroatoms. The summed E-state index contributed by atoms with van der Waals surface area (Å²) in [6.07, 6.45) is -0.849. The molecule has 2 unspecified atom stereocenters. The maximum atomic E-state index is 11.7. The standard InChI is InChI=1S/C16H29O11P.4CH4.H3N/c1-4-14(17)24-11-13(27-15(18)5-2)12-26-28(20,21)25-8-6-7-16(19)23-10-9-22-3;;;;;/h13H,4-12H2,1-3H3,(H,20,21);4*1H4;1H3. The Morgan fingerprint density at radius 1 is 0.818 bits per heavy atom. The van der Waals surface area contributed by atoms with Gasteiger partial charge in [0, 0.05) is 26.4 Å². The molecular formula is C20H48NO11P. The van der Waals surface area contributed by atoms with Gasteiger partial charge in [-0.2, -0.15) is 0 Å². The minimum atomic E-state index is -4.69. The van der Waals surface area contributed by atoms with Crippen molar-refractivity contribution in [3.05, 3.63) is 0 Å². The van der Waals surface area contributed by atoms with Gasteiger partial charge >= 0.3 is 17.9 Å². The van der Waals surface area contributed by atoms with Gasteiger partial charge < -0.3 is 39.0 Å². The Labute approximate surface area is 199 Å². The van der Waals surface area contributed by atoms with E-state index in [4.69, 9.17) is 18.9 Å². The number of quaternary nitrogens is 1. The zero-order valence-corrected chi connectivity index (χ0v) is 18.3. The molecule has 0 aromatic carbocycles. The molecule has 0 amide bonds. The Bertz CT molecular complexity index is 532. The number of esters is 3. The number of rotatable bonds is 16. The van der Waals surface area contributed by atoms with E-state index >= 15 is 0 Å². The van der Waals surface area contributed by atoms with E-state index < -0.39 is 38.4 Å². The number of phosphoric ester groups is 1. The summed E-state index contributed by atoms with van der Waals surface area (Å²) < 4.78 is 40.4. The molecule has 0 aliphatic carbocycles. The van der Waals surface area contributed by atoms with E-state index in [0.717, 1.165) is 0 Å². The van der Waals surface area contributed by atoms with Crippen molar-refractivity contribution in [2.45, 2.75) is 75.3 Å². The Morgan fingerprint density at radius 2 is 1.39 bits per heavy atom. The van der Waals surface area contributed by atoms with Crippen molar-refractivity contribution in [3.8, 4) is 0 Å². The lowest BCUT2D eigenvalue weighted by Crippen LogP contribution is -2.30. The average molecular weight is 510 g/mol. The molecule has 0 aromatic rings. The highest BCUT2D eigenvalue weighted by atomic mass is 31.2. The van der Waals surface area contributed by atoms with Crippen molar-refractivity contribution in [1.82, 2.24) is 6.15 Å². The Hall–Kier alpha value is -1.56. The summed E-state index contributed by atoms with van der Waals surface area (Å²) in [5.74, 6) is -1.64. The van der Waals surface area contributed by atoms with Gasteiger partial charge in [-0.05, 0) is 6.42 Å². The number of hydrogen-bond acceptors (Lipinski definition) is 11. The number of methoxy groups -OCH3 is 1. The van der Waals surface area contributed by atoms with Gasteiger partial charge in [-0.15, -0.1) is 0 Å². The van der Waals surface area contributed by atoms with Gasteiger partial charge in [0.1, 0.15) is 13.2 Å². The van der Waals surface area contributed by atoms with Crippen LogP contribution in [0.25, 0.3) is 0 Å². The summed E-state index contributed by atoms with van der Waals surface area (Å²) in [7, 11) is -3.23. The van der Waals surface area contributed by atoms with E-state index in [1.165, 1.54) is 7.11 Å². The lowest BCUT2D eigenvalue weighted by Gasteiger charge is -2.25. The summed E-state index contributed by atoms with van der Waals surface area (Å²) in [6.45, 7) is 2.32. The predicted octanol–water partition coefficient (Wildman–Crippen LogP) is 3.65. The van der Waals surface area contributed by atoms with Crippen molar-refractivity contribution < 1.29 is 51.8 Å². The molecule has 0 saturated heterocycles. The van der Waals surface area contributed by atoms with Crippen LogP contribution in [0.3, 0.4) is 0 Å². The van der Waals surface area contributed by atoms with Crippen molar-refractivity contribution in [2.75, 3.05) is 40.1 Å². The molecule has 12 nitrogen and oxygen atoms in total. The molecule has 0 radical (unpaired) electrons. The Morgan fingerprint density at radius 3 is 1.91 bits per heavy atom. The first-order valence-corrected chi connectivity index (χ1v) is 10.3. The van der Waals surface area contributed by atoms with Crippen molar-refractivity contribution in [1.29, 1.82) is 0 Å². The number of phosphoric acid groups is 1. The van der Waals surface area contributed by atoms with Crippen LogP contribution in [0.2, 0.25) is 0 Å². The van der Waals surface area contributed by atoms with E-state index in [1.54, 1.807) is 13.8 Å². The van der Waals surface area contributed by atoms with Crippen LogP contribution in [0.4, 0.5) is 0 Å². The van der Waals surface area contributed by atoms with Crippen LogP contribution in [0.5, 0.6) is 0 Å². The first-order chi connectivity index (χ1) is 13.2.